The van der Waals surface area contributed by atoms with Gasteiger partial charge in [0, 0.05) is 0 Å². The van der Waals surface area contributed by atoms with Gasteiger partial charge in [0.2, 0.25) is 0 Å². The maximum atomic E-state index is 11.0. The molecule has 1 aromatic carbocycles. The van der Waals surface area contributed by atoms with E-state index in [1.54, 1.807) is 0 Å². The summed E-state index contributed by atoms with van der Waals surface area (Å²) in [6.07, 6.45) is 1.91. The molecule has 1 radical (unpaired) electrons. The van der Waals surface area contributed by atoms with Crippen LogP contribution in [0.1, 0.15) is 12.8 Å². The molecule has 0 fully saturated rings. The number of nitro benzene ring substituents is 2. The van der Waals surface area contributed by atoms with Gasteiger partial charge in [-0.3, -0.25) is 0 Å². The molecule has 0 spiro atoms. The average Bonchev–Trinajstić information content (AvgIpc) is 2.49. The molecule has 0 aromatic heterocycles. The van der Waals surface area contributed by atoms with E-state index in [0.717, 1.165) is 37.2 Å². The molecule has 0 unspecified atom stereocenters. The zero-order chi connectivity index (χ0) is 16.5. The van der Waals surface area contributed by atoms with Gasteiger partial charge in [-0.05, 0) is 0 Å². The molecule has 0 atom stereocenters. The molecular weight excluding hydrogens is 351 g/mol. The van der Waals surface area contributed by atoms with Crippen molar-refractivity contribution in [3.8, 4) is 0 Å². The summed E-state index contributed by atoms with van der Waals surface area (Å²) >= 11 is -0.365. The van der Waals surface area contributed by atoms with Crippen LogP contribution < -0.4 is 10.1 Å². The van der Waals surface area contributed by atoms with E-state index in [1.165, 1.54) is 12.1 Å². The normalized spacial score (nSPS) is 11.4. The Labute approximate surface area is 135 Å². The van der Waals surface area contributed by atoms with Crippen molar-refractivity contribution in [3.63, 3.8) is 0 Å². The zero-order valence-electron chi connectivity index (χ0n) is 12.5. The molecule has 8 nitrogen and oxygen atoms in total. The van der Waals surface area contributed by atoms with E-state index in [2.05, 4.69) is 4.90 Å². The molecule has 22 heavy (non-hydrogen) atoms. The van der Waals surface area contributed by atoms with E-state index >= 15 is 0 Å². The van der Waals surface area contributed by atoms with Crippen LogP contribution in [-0.2, 0) is 0 Å². The molecule has 0 amide bonds. The monoisotopic (exact) mass is 371 g/mol. The third kappa shape index (κ3) is 6.09. The molecule has 121 valence electrons. The molecule has 9 heteroatoms. The molecule has 2 N–H and O–H groups in total. The SMILES string of the molecule is CN(CCCN)CCC[As]c1ccc([N+](=O)[O-])cc1[N+](=O)[O-]. The number of hydrogen-bond donors (Lipinski definition) is 1. The van der Waals surface area contributed by atoms with Gasteiger partial charge in [0.25, 0.3) is 0 Å². The predicted molar refractivity (Wildman–Crippen MR) is 85.7 cm³/mol. The molecule has 0 saturated carbocycles. The predicted octanol–water partition coefficient (Wildman–Crippen LogP) is 0.922. The molecule has 1 aromatic rings. The van der Waals surface area contributed by atoms with Crippen LogP contribution in [0.2, 0.25) is 5.21 Å². The van der Waals surface area contributed by atoms with E-state index < -0.39 is 9.85 Å². The number of nitrogens with zero attached hydrogens (tertiary/aromatic N) is 3. The van der Waals surface area contributed by atoms with E-state index in [9.17, 15) is 20.2 Å². The van der Waals surface area contributed by atoms with Gasteiger partial charge < -0.3 is 0 Å². The fourth-order valence-electron chi connectivity index (χ4n) is 1.92. The van der Waals surface area contributed by atoms with E-state index in [1.807, 2.05) is 7.05 Å². The van der Waals surface area contributed by atoms with E-state index in [0.29, 0.717) is 10.9 Å². The van der Waals surface area contributed by atoms with Crippen LogP contribution in [-0.4, -0.2) is 57.2 Å². The molecule has 1 rings (SSSR count). The maximum absolute atomic E-state index is 11.0. The first-order valence-electron chi connectivity index (χ1n) is 6.94. The Hall–Kier alpha value is -1.50. The summed E-state index contributed by atoms with van der Waals surface area (Å²) in [6.45, 7) is 2.55. The van der Waals surface area contributed by atoms with Crippen molar-refractivity contribution in [3.05, 3.63) is 38.4 Å². The third-order valence-corrected chi connectivity index (χ3v) is 5.73. The van der Waals surface area contributed by atoms with Gasteiger partial charge in [0.1, 0.15) is 0 Å². The van der Waals surface area contributed by atoms with Crippen molar-refractivity contribution < 1.29 is 9.85 Å². The number of benzene rings is 1. The standard InChI is InChI=1S/C13H20AsN4O4/c1-16(9-3-7-15)8-2-6-14-12-5-4-11(17(19)20)10-13(12)18(21)22/h4-5,10H,2-3,6-9,15H2,1H3. The number of nitro groups is 2. The molecular formula is C13H20AsN4O4. The topological polar surface area (TPSA) is 116 Å². The minimum atomic E-state index is -0.611. The van der Waals surface area contributed by atoms with Gasteiger partial charge in [0.15, 0.2) is 0 Å². The molecule has 0 saturated heterocycles. The van der Waals surface area contributed by atoms with Crippen LogP contribution >= 0.6 is 0 Å². The minimum absolute atomic E-state index is 0.134. The second-order valence-electron chi connectivity index (χ2n) is 4.87. The van der Waals surface area contributed by atoms with Crippen molar-refractivity contribution in [2.75, 3.05) is 26.7 Å². The summed E-state index contributed by atoms with van der Waals surface area (Å²) in [5.74, 6) is 0. The molecule has 0 aliphatic heterocycles. The summed E-state index contributed by atoms with van der Waals surface area (Å²) in [4.78, 5) is 22.8. The van der Waals surface area contributed by atoms with E-state index in [-0.39, 0.29) is 27.1 Å². The fourth-order valence-corrected chi connectivity index (χ4v) is 4.08. The fraction of sp³-hybridized carbons (Fsp3) is 0.538. The van der Waals surface area contributed by atoms with Gasteiger partial charge in [0.05, 0.1) is 0 Å². The first-order chi connectivity index (χ1) is 10.5. The molecule has 0 aliphatic rings. The van der Waals surface area contributed by atoms with Gasteiger partial charge >= 0.3 is 135 Å². The number of nitrogens with two attached hydrogens (primary N) is 1. The molecule has 0 heterocycles. The zero-order valence-corrected chi connectivity index (χ0v) is 14.4. The summed E-state index contributed by atoms with van der Waals surface area (Å²) < 4.78 is 0.636. The van der Waals surface area contributed by atoms with E-state index in [4.69, 9.17) is 5.73 Å². The quantitative estimate of drug-likeness (QED) is 0.283. The van der Waals surface area contributed by atoms with Crippen LogP contribution in [0.4, 0.5) is 11.4 Å². The third-order valence-electron chi connectivity index (χ3n) is 3.09. The van der Waals surface area contributed by atoms with Crippen molar-refractivity contribution in [1.82, 2.24) is 4.90 Å². The molecule has 0 aliphatic carbocycles. The number of non-ortho nitro benzene ring substituents is 1. The van der Waals surface area contributed by atoms with Crippen molar-refractivity contribution in [2.45, 2.75) is 18.1 Å². The Kier molecular flexibility index (Phi) is 8.01. The Morgan fingerprint density at radius 3 is 2.45 bits per heavy atom. The molecule has 0 bridgehead atoms. The Bertz CT molecular complexity index is 527. The van der Waals surface area contributed by atoms with Gasteiger partial charge in [-0.15, -0.1) is 0 Å². The Morgan fingerprint density at radius 1 is 1.18 bits per heavy atom. The second kappa shape index (κ2) is 9.50. The van der Waals surface area contributed by atoms with Crippen LogP contribution in [0.3, 0.4) is 0 Å². The van der Waals surface area contributed by atoms with Crippen LogP contribution in [0.15, 0.2) is 18.2 Å². The number of rotatable bonds is 10. The van der Waals surface area contributed by atoms with Crippen molar-refractivity contribution >= 4 is 31.5 Å². The second-order valence-corrected chi connectivity index (χ2v) is 7.48. The van der Waals surface area contributed by atoms with Gasteiger partial charge in [-0.25, -0.2) is 0 Å². The Morgan fingerprint density at radius 2 is 1.86 bits per heavy atom. The van der Waals surface area contributed by atoms with Crippen molar-refractivity contribution in [1.29, 1.82) is 0 Å². The van der Waals surface area contributed by atoms with Crippen molar-refractivity contribution in [2.24, 2.45) is 5.73 Å². The van der Waals surface area contributed by atoms with Crippen LogP contribution in [0, 0.1) is 20.2 Å². The van der Waals surface area contributed by atoms with Gasteiger partial charge in [-0.1, -0.05) is 0 Å². The summed E-state index contributed by atoms with van der Waals surface area (Å²) in [5.41, 5.74) is 5.08. The van der Waals surface area contributed by atoms with Gasteiger partial charge in [-0.2, -0.15) is 0 Å². The van der Waals surface area contributed by atoms with Crippen LogP contribution in [0.25, 0.3) is 0 Å². The first-order valence-corrected chi connectivity index (χ1v) is 9.21. The number of hydrogen-bond acceptors (Lipinski definition) is 6. The first kappa shape index (κ1) is 18.5. The summed E-state index contributed by atoms with van der Waals surface area (Å²) in [6, 6.07) is 3.91. The van der Waals surface area contributed by atoms with Crippen LogP contribution in [0.5, 0.6) is 0 Å². The summed E-state index contributed by atoms with van der Waals surface area (Å²) in [5, 5.41) is 22.6. The summed E-state index contributed by atoms with van der Waals surface area (Å²) in [7, 11) is 2.03. The average molecular weight is 371 g/mol. The Balaban J connectivity index is 2.55.